The minimum atomic E-state index is -0.179. The maximum absolute atomic E-state index is 13.2. The van der Waals surface area contributed by atoms with Gasteiger partial charge in [0, 0.05) is 71.1 Å². The summed E-state index contributed by atoms with van der Waals surface area (Å²) in [6.45, 7) is 17.1. The fourth-order valence-corrected chi connectivity index (χ4v) is 4.22. The number of anilines is 1. The largest absolute Gasteiger partial charge is 0.368 e. The first-order valence-electron chi connectivity index (χ1n) is 11.7. The molecular weight excluding hydrogens is 379 g/mol. The van der Waals surface area contributed by atoms with Gasteiger partial charge in [-0.3, -0.25) is 4.99 Å². The molecular formula is C23H39FN6. The highest BCUT2D eigenvalue weighted by Crippen LogP contribution is 2.17. The topological polar surface area (TPSA) is 37.4 Å². The molecule has 7 heteroatoms. The van der Waals surface area contributed by atoms with Crippen molar-refractivity contribution in [1.29, 1.82) is 0 Å². The van der Waals surface area contributed by atoms with Crippen LogP contribution >= 0.6 is 0 Å². The van der Waals surface area contributed by atoms with Gasteiger partial charge in [0.1, 0.15) is 5.82 Å². The average Bonchev–Trinajstić information content (AvgIpc) is 2.79. The monoisotopic (exact) mass is 418 g/mol. The van der Waals surface area contributed by atoms with Crippen LogP contribution in [0.2, 0.25) is 0 Å². The van der Waals surface area contributed by atoms with Crippen LogP contribution in [0.1, 0.15) is 26.7 Å². The lowest BCUT2D eigenvalue weighted by molar-refractivity contribution is 0.136. The number of halogens is 1. The molecule has 0 aromatic heterocycles. The summed E-state index contributed by atoms with van der Waals surface area (Å²) in [6.07, 6.45) is 2.35. The Balaban J connectivity index is 1.38. The molecule has 1 aromatic rings. The van der Waals surface area contributed by atoms with Crippen LogP contribution in [0.3, 0.4) is 0 Å². The zero-order chi connectivity index (χ0) is 21.2. The zero-order valence-corrected chi connectivity index (χ0v) is 18.8. The Bertz CT molecular complexity index is 634. The highest BCUT2D eigenvalue weighted by Gasteiger charge is 2.20. The van der Waals surface area contributed by atoms with Gasteiger partial charge in [0.25, 0.3) is 0 Å². The molecule has 2 heterocycles. The van der Waals surface area contributed by atoms with Crippen molar-refractivity contribution >= 4 is 11.6 Å². The molecule has 0 radical (unpaired) electrons. The smallest absolute Gasteiger partial charge is 0.194 e. The highest BCUT2D eigenvalue weighted by molar-refractivity contribution is 5.80. The first-order valence-corrected chi connectivity index (χ1v) is 11.7. The molecule has 2 fully saturated rings. The van der Waals surface area contributed by atoms with E-state index < -0.39 is 0 Å². The standard InChI is InChI=1S/C23H39FN6/c1-3-25-23(26-11-5-6-12-28-15-13-27(4-2)14-16-28)30-19-17-29(18-20-30)22-9-7-21(24)8-10-22/h7-10H,3-6,11-20H2,1-2H3,(H,25,26). The molecule has 0 spiro atoms. The molecule has 30 heavy (non-hydrogen) atoms. The number of likely N-dealkylation sites (N-methyl/N-ethyl adjacent to an activating group) is 1. The van der Waals surface area contributed by atoms with E-state index >= 15 is 0 Å². The second-order valence-electron chi connectivity index (χ2n) is 8.17. The summed E-state index contributed by atoms with van der Waals surface area (Å²) in [4.78, 5) is 14.7. The third kappa shape index (κ3) is 6.84. The minimum absolute atomic E-state index is 0.179. The van der Waals surface area contributed by atoms with Crippen LogP contribution < -0.4 is 10.2 Å². The Hall–Kier alpha value is -1.86. The summed E-state index contributed by atoms with van der Waals surface area (Å²) in [5.74, 6) is 0.856. The molecule has 1 aromatic carbocycles. The first kappa shape index (κ1) is 22.8. The molecule has 168 valence electrons. The Morgan fingerprint density at radius 3 is 2.20 bits per heavy atom. The molecule has 0 saturated carbocycles. The number of rotatable bonds is 8. The Morgan fingerprint density at radius 1 is 0.900 bits per heavy atom. The fraction of sp³-hybridized carbons (Fsp3) is 0.696. The molecule has 2 aliphatic rings. The number of unbranched alkanes of at least 4 members (excludes halogenated alkanes) is 1. The Kier molecular flexibility index (Phi) is 9.21. The van der Waals surface area contributed by atoms with Crippen LogP contribution in [-0.4, -0.2) is 99.2 Å². The molecule has 0 aliphatic carbocycles. The summed E-state index contributed by atoms with van der Waals surface area (Å²) in [6, 6.07) is 6.81. The van der Waals surface area contributed by atoms with E-state index in [2.05, 4.69) is 38.8 Å². The van der Waals surface area contributed by atoms with E-state index in [0.29, 0.717) is 0 Å². The molecule has 0 bridgehead atoms. The van der Waals surface area contributed by atoms with Crippen LogP contribution in [0.4, 0.5) is 10.1 Å². The number of aliphatic imine (C=N–C) groups is 1. The van der Waals surface area contributed by atoms with Gasteiger partial charge in [-0.2, -0.15) is 0 Å². The Labute approximate surface area is 181 Å². The van der Waals surface area contributed by atoms with Crippen molar-refractivity contribution < 1.29 is 4.39 Å². The van der Waals surface area contributed by atoms with Crippen LogP contribution in [0.25, 0.3) is 0 Å². The molecule has 3 rings (SSSR count). The van der Waals surface area contributed by atoms with Crippen LogP contribution in [0.5, 0.6) is 0 Å². The van der Waals surface area contributed by atoms with E-state index in [1.807, 2.05) is 12.1 Å². The van der Waals surface area contributed by atoms with E-state index in [9.17, 15) is 4.39 Å². The lowest BCUT2D eigenvalue weighted by atomic mass is 10.2. The van der Waals surface area contributed by atoms with Gasteiger partial charge in [0.15, 0.2) is 5.96 Å². The lowest BCUT2D eigenvalue weighted by Crippen LogP contribution is -2.52. The Morgan fingerprint density at radius 2 is 1.57 bits per heavy atom. The number of nitrogens with one attached hydrogen (secondary N) is 1. The second kappa shape index (κ2) is 12.1. The molecule has 2 aliphatic heterocycles. The maximum atomic E-state index is 13.2. The van der Waals surface area contributed by atoms with Gasteiger partial charge < -0.3 is 24.9 Å². The number of hydrogen-bond donors (Lipinski definition) is 1. The number of benzene rings is 1. The van der Waals surface area contributed by atoms with Gasteiger partial charge in [-0.1, -0.05) is 6.92 Å². The van der Waals surface area contributed by atoms with E-state index in [-0.39, 0.29) is 5.82 Å². The van der Waals surface area contributed by atoms with Crippen molar-refractivity contribution in [1.82, 2.24) is 20.0 Å². The van der Waals surface area contributed by atoms with Crippen molar-refractivity contribution in [3.63, 3.8) is 0 Å². The zero-order valence-electron chi connectivity index (χ0n) is 18.8. The van der Waals surface area contributed by atoms with Gasteiger partial charge in [0.05, 0.1) is 0 Å². The molecule has 6 nitrogen and oxygen atoms in total. The normalized spacial score (nSPS) is 19.4. The highest BCUT2D eigenvalue weighted by atomic mass is 19.1. The van der Waals surface area contributed by atoms with E-state index in [1.54, 1.807) is 0 Å². The van der Waals surface area contributed by atoms with Gasteiger partial charge in [-0.15, -0.1) is 0 Å². The van der Waals surface area contributed by atoms with Crippen LogP contribution in [0.15, 0.2) is 29.3 Å². The van der Waals surface area contributed by atoms with E-state index in [4.69, 9.17) is 4.99 Å². The van der Waals surface area contributed by atoms with Crippen molar-refractivity contribution in [2.75, 3.05) is 83.4 Å². The predicted molar refractivity (Wildman–Crippen MR) is 124 cm³/mol. The van der Waals surface area contributed by atoms with E-state index in [0.717, 1.165) is 57.3 Å². The first-order chi connectivity index (χ1) is 14.7. The third-order valence-corrected chi connectivity index (χ3v) is 6.16. The van der Waals surface area contributed by atoms with Gasteiger partial charge >= 0.3 is 0 Å². The maximum Gasteiger partial charge on any atom is 0.194 e. The van der Waals surface area contributed by atoms with Crippen LogP contribution in [0, 0.1) is 5.82 Å². The molecule has 0 unspecified atom stereocenters. The van der Waals surface area contributed by atoms with Crippen molar-refractivity contribution in [2.45, 2.75) is 26.7 Å². The third-order valence-electron chi connectivity index (χ3n) is 6.16. The minimum Gasteiger partial charge on any atom is -0.368 e. The summed E-state index contributed by atoms with van der Waals surface area (Å²) in [5, 5.41) is 3.46. The second-order valence-corrected chi connectivity index (χ2v) is 8.17. The molecule has 0 amide bonds. The summed E-state index contributed by atoms with van der Waals surface area (Å²) < 4.78 is 13.2. The quantitative estimate of drug-likeness (QED) is 0.398. The summed E-state index contributed by atoms with van der Waals surface area (Å²) in [5.41, 5.74) is 1.10. The molecule has 2 saturated heterocycles. The summed E-state index contributed by atoms with van der Waals surface area (Å²) >= 11 is 0. The number of nitrogens with zero attached hydrogens (tertiary/aromatic N) is 5. The lowest BCUT2D eigenvalue weighted by Gasteiger charge is -2.37. The predicted octanol–water partition coefficient (Wildman–Crippen LogP) is 2.33. The van der Waals surface area contributed by atoms with Crippen molar-refractivity contribution in [3.8, 4) is 0 Å². The number of hydrogen-bond acceptors (Lipinski definition) is 4. The van der Waals surface area contributed by atoms with Crippen molar-refractivity contribution in [2.24, 2.45) is 4.99 Å². The number of piperazine rings is 2. The SMILES string of the molecule is CCNC(=NCCCCN1CCN(CC)CC1)N1CCN(c2ccc(F)cc2)CC1. The van der Waals surface area contributed by atoms with E-state index in [1.165, 1.54) is 57.8 Å². The molecule has 0 atom stereocenters. The fourth-order valence-electron chi connectivity index (χ4n) is 4.22. The van der Waals surface area contributed by atoms with Crippen molar-refractivity contribution in [3.05, 3.63) is 30.1 Å². The molecule has 1 N–H and O–H groups in total. The number of guanidine groups is 1. The summed E-state index contributed by atoms with van der Waals surface area (Å²) in [7, 11) is 0. The van der Waals surface area contributed by atoms with Gasteiger partial charge in [-0.25, -0.2) is 4.39 Å². The van der Waals surface area contributed by atoms with Gasteiger partial charge in [-0.05, 0) is 57.1 Å². The van der Waals surface area contributed by atoms with Gasteiger partial charge in [0.2, 0.25) is 0 Å². The van der Waals surface area contributed by atoms with Crippen LogP contribution in [-0.2, 0) is 0 Å². The average molecular weight is 419 g/mol.